The average molecular weight is 833 g/mol. The van der Waals surface area contributed by atoms with Crippen molar-refractivity contribution >= 4 is 47.5 Å². The van der Waals surface area contributed by atoms with Crippen LogP contribution in [0.25, 0.3) is 0 Å². The number of carboxylic acids is 2. The minimum atomic E-state index is -3.61. The van der Waals surface area contributed by atoms with Crippen LogP contribution in [0.2, 0.25) is 12.1 Å². The predicted octanol–water partition coefficient (Wildman–Crippen LogP) is 2.76. The molecule has 0 saturated heterocycles. The number of phenolic OH excluding ortho intramolecular Hbond substituents is 2. The Labute approximate surface area is 328 Å². The first kappa shape index (κ1) is 49.7. The Kier molecular flexibility index (Phi) is 22.2. The van der Waals surface area contributed by atoms with E-state index >= 15 is 0 Å². The fraction of sp³-hybridized carbons (Fsp3) is 0.571. The molecule has 0 spiro atoms. The number of esters is 1. The van der Waals surface area contributed by atoms with E-state index in [2.05, 4.69) is 23.8 Å². The summed E-state index contributed by atoms with van der Waals surface area (Å²) in [7, 11) is -1.66. The van der Waals surface area contributed by atoms with Crippen molar-refractivity contribution in [3.05, 3.63) is 48.1 Å². The van der Waals surface area contributed by atoms with Gasteiger partial charge in [-0.25, -0.2) is 14.4 Å². The fourth-order valence-electron chi connectivity index (χ4n) is 5.06. The number of aliphatic carboxylic acids is 2. The molecule has 19 nitrogen and oxygen atoms in total. The number of amides is 2. The number of hydrogen-bond donors (Lipinski definition) is 6. The predicted molar refractivity (Wildman–Crippen MR) is 203 cm³/mol. The smallest absolute Gasteiger partial charge is 0.493 e. The van der Waals surface area contributed by atoms with Crippen LogP contribution in [0.1, 0.15) is 45.1 Å². The van der Waals surface area contributed by atoms with Crippen molar-refractivity contribution in [3.63, 3.8) is 0 Å². The normalized spacial score (nSPS) is 13.2. The Morgan fingerprint density at radius 1 is 0.857 bits per heavy atom. The highest BCUT2D eigenvalue weighted by molar-refractivity contribution is 6.75. The van der Waals surface area contributed by atoms with E-state index in [0.717, 1.165) is 11.6 Å². The largest absolute Gasteiger partial charge is 0.504 e. The topological polar surface area (TPSA) is 264 Å². The van der Waals surface area contributed by atoms with Crippen LogP contribution in [0, 0.1) is 5.92 Å². The molecular formula is C35H56N2O17Si2. The van der Waals surface area contributed by atoms with Crippen LogP contribution < -0.4 is 10.6 Å². The van der Waals surface area contributed by atoms with E-state index in [1.54, 1.807) is 6.92 Å². The zero-order valence-corrected chi connectivity index (χ0v) is 34.8. The average Bonchev–Trinajstić information content (AvgIpc) is 3.14. The van der Waals surface area contributed by atoms with Crippen LogP contribution in [0.4, 0.5) is 4.79 Å². The lowest BCUT2D eigenvalue weighted by atomic mass is 9.97. The number of nitrogens with one attached hydrogen (secondary N) is 2. The van der Waals surface area contributed by atoms with Gasteiger partial charge in [0.25, 0.3) is 0 Å². The molecule has 0 aromatic heterocycles. The molecule has 2 amide bonds. The Morgan fingerprint density at radius 3 is 1.98 bits per heavy atom. The summed E-state index contributed by atoms with van der Waals surface area (Å²) in [6.07, 6.45) is -2.12. The third-order valence-corrected chi connectivity index (χ3v) is 15.0. The van der Waals surface area contributed by atoms with Gasteiger partial charge in [-0.05, 0) is 50.8 Å². The van der Waals surface area contributed by atoms with Gasteiger partial charge in [0.2, 0.25) is 5.91 Å². The van der Waals surface area contributed by atoms with Gasteiger partial charge in [-0.2, -0.15) is 0 Å². The van der Waals surface area contributed by atoms with Crippen molar-refractivity contribution in [3.8, 4) is 11.5 Å². The summed E-state index contributed by atoms with van der Waals surface area (Å²) < 4.78 is 45.3. The number of rotatable bonds is 29. The minimum absolute atomic E-state index is 0.0124. The van der Waals surface area contributed by atoms with Gasteiger partial charge < -0.3 is 67.1 Å². The van der Waals surface area contributed by atoms with Gasteiger partial charge in [0.05, 0.1) is 19.6 Å². The third kappa shape index (κ3) is 18.1. The van der Waals surface area contributed by atoms with E-state index in [-0.39, 0.29) is 69.7 Å². The number of phenols is 2. The van der Waals surface area contributed by atoms with E-state index in [4.69, 9.17) is 36.0 Å². The van der Waals surface area contributed by atoms with E-state index in [0.29, 0.717) is 5.56 Å². The third-order valence-electron chi connectivity index (χ3n) is 8.08. The molecule has 1 aromatic rings. The number of carboxylic acid groups (broad SMARTS) is 2. The summed E-state index contributed by atoms with van der Waals surface area (Å²) in [4.78, 5) is 61.3. The molecule has 0 aliphatic heterocycles. The minimum Gasteiger partial charge on any atom is -0.504 e. The summed E-state index contributed by atoms with van der Waals surface area (Å²) >= 11 is 0. The molecule has 56 heavy (non-hydrogen) atoms. The van der Waals surface area contributed by atoms with E-state index in [1.807, 2.05) is 0 Å². The molecule has 1 aromatic carbocycles. The van der Waals surface area contributed by atoms with E-state index < -0.39 is 83.5 Å². The highest BCUT2D eigenvalue weighted by atomic mass is 28.5. The molecule has 316 valence electrons. The standard InChI is InChI=1S/C35H56N2O17Si2/c1-23(2)20-51-21-27(22-52-34(45)24(3)4)53-35(46)36-14-10-16-56(49-7,50-8)54-55(47-5,48-6)15-9-11-26(19-31(40)41)32(42)37-28(33(43)44)17-25-12-13-29(38)30(39)18-25/h12-13,18,26-28,38-39H,1,3,9-11,14-17,19-22H2,2,4-8H3,(H,36,46)(H,37,42)(H,40,41)(H,43,44). The second-order valence-corrected chi connectivity index (χ2v) is 19.0. The van der Waals surface area contributed by atoms with Gasteiger partial charge >= 0.3 is 41.6 Å². The first-order chi connectivity index (χ1) is 26.3. The van der Waals surface area contributed by atoms with Crippen LogP contribution in [-0.4, -0.2) is 135 Å². The molecule has 3 atom stereocenters. The number of benzene rings is 1. The number of carbonyl (C=O) groups excluding carboxylic acids is 3. The molecule has 6 N–H and O–H groups in total. The van der Waals surface area contributed by atoms with E-state index in [9.17, 15) is 44.4 Å². The Bertz CT molecular complexity index is 1490. The monoisotopic (exact) mass is 832 g/mol. The summed E-state index contributed by atoms with van der Waals surface area (Å²) in [5, 5.41) is 43.6. The number of ether oxygens (including phenoxy) is 3. The lowest BCUT2D eigenvalue weighted by molar-refractivity contribution is -0.144. The summed E-state index contributed by atoms with van der Waals surface area (Å²) in [5.41, 5.74) is 1.23. The zero-order valence-electron chi connectivity index (χ0n) is 32.8. The van der Waals surface area contributed by atoms with Crippen LogP contribution in [-0.2, 0) is 61.6 Å². The molecule has 0 heterocycles. The van der Waals surface area contributed by atoms with Crippen LogP contribution >= 0.6 is 0 Å². The summed E-state index contributed by atoms with van der Waals surface area (Å²) in [6, 6.07) is 2.53. The van der Waals surface area contributed by atoms with Crippen molar-refractivity contribution < 1.29 is 80.4 Å². The second-order valence-electron chi connectivity index (χ2n) is 12.8. The van der Waals surface area contributed by atoms with E-state index in [1.165, 1.54) is 47.5 Å². The number of aromatic hydroxyl groups is 2. The van der Waals surface area contributed by atoms with Crippen LogP contribution in [0.15, 0.2) is 42.5 Å². The molecule has 3 unspecified atom stereocenters. The first-order valence-electron chi connectivity index (χ1n) is 17.5. The highest BCUT2D eigenvalue weighted by Gasteiger charge is 2.51. The van der Waals surface area contributed by atoms with Crippen molar-refractivity contribution in [2.75, 3.05) is 54.8 Å². The maximum Gasteiger partial charge on any atom is 0.493 e. The number of hydrogen-bond acceptors (Lipinski definition) is 15. The van der Waals surface area contributed by atoms with Crippen molar-refractivity contribution in [2.45, 2.75) is 70.2 Å². The molecule has 0 radical (unpaired) electrons. The lowest BCUT2D eigenvalue weighted by Crippen LogP contribution is -2.57. The van der Waals surface area contributed by atoms with Crippen molar-refractivity contribution in [2.24, 2.45) is 5.92 Å². The van der Waals surface area contributed by atoms with Gasteiger partial charge in [0.15, 0.2) is 17.6 Å². The van der Waals surface area contributed by atoms with Gasteiger partial charge in [-0.1, -0.05) is 24.8 Å². The SMILES string of the molecule is C=C(C)COCC(COC(=O)C(=C)C)OC(=O)NCCC[Si](OC)(OC)O[Si](CCCC(CC(=O)O)C(=O)NC(Cc1ccc(O)c(O)c1)C(=O)O)(OC)OC. The molecule has 0 fully saturated rings. The molecule has 1 rings (SSSR count). The fourth-order valence-corrected chi connectivity index (χ4v) is 11.5. The quantitative estimate of drug-likeness (QED) is 0.0169. The maximum atomic E-state index is 13.2. The van der Waals surface area contributed by atoms with Gasteiger partial charge in [0.1, 0.15) is 12.6 Å². The van der Waals surface area contributed by atoms with Crippen LogP contribution in [0.3, 0.4) is 0 Å². The highest BCUT2D eigenvalue weighted by Crippen LogP contribution is 2.29. The molecule has 0 bridgehead atoms. The van der Waals surface area contributed by atoms with Crippen molar-refractivity contribution in [1.82, 2.24) is 10.6 Å². The molecule has 0 aliphatic rings. The molecule has 0 aliphatic carbocycles. The lowest BCUT2D eigenvalue weighted by Gasteiger charge is -2.36. The Morgan fingerprint density at radius 2 is 1.46 bits per heavy atom. The van der Waals surface area contributed by atoms with Crippen molar-refractivity contribution in [1.29, 1.82) is 0 Å². The number of alkyl carbamates (subject to hydrolysis) is 1. The second kappa shape index (κ2) is 25.0. The Hall–Kier alpha value is -4.36. The van der Waals surface area contributed by atoms with Crippen LogP contribution in [0.5, 0.6) is 11.5 Å². The van der Waals surface area contributed by atoms with Gasteiger partial charge in [-0.3, -0.25) is 9.59 Å². The molecule has 0 saturated carbocycles. The maximum absolute atomic E-state index is 13.2. The zero-order chi connectivity index (χ0) is 42.5. The summed E-state index contributed by atoms with van der Waals surface area (Å²) in [5.74, 6) is -6.14. The number of carbonyl (C=O) groups is 5. The first-order valence-corrected chi connectivity index (χ1v) is 21.4. The summed E-state index contributed by atoms with van der Waals surface area (Å²) in [6.45, 7) is 10.5. The molecule has 21 heteroatoms. The Balaban J connectivity index is 2.91. The van der Waals surface area contributed by atoms with Gasteiger partial charge in [0, 0.05) is 65.0 Å². The van der Waals surface area contributed by atoms with Gasteiger partial charge in [-0.15, -0.1) is 0 Å². The molecular weight excluding hydrogens is 777 g/mol.